The zero-order valence-electron chi connectivity index (χ0n) is 15.0. The van der Waals surface area contributed by atoms with Crippen LogP contribution in [0.15, 0.2) is 30.3 Å². The van der Waals surface area contributed by atoms with Crippen molar-refractivity contribution in [1.82, 2.24) is 10.6 Å². The highest BCUT2D eigenvalue weighted by Crippen LogP contribution is 2.60. The average Bonchev–Trinajstić information content (AvgIpc) is 2.59. The van der Waals surface area contributed by atoms with E-state index in [0.29, 0.717) is 0 Å². The van der Waals surface area contributed by atoms with Crippen molar-refractivity contribution in [3.05, 3.63) is 35.9 Å². The molecule has 4 aliphatic carbocycles. The second-order valence-electron chi connectivity index (χ2n) is 8.58. The van der Waals surface area contributed by atoms with Gasteiger partial charge in [0.15, 0.2) is 0 Å². The first-order chi connectivity index (χ1) is 12.0. The predicted octanol–water partition coefficient (Wildman–Crippen LogP) is 3.20. The Morgan fingerprint density at radius 1 is 1.04 bits per heavy atom. The molecule has 4 nitrogen and oxygen atoms in total. The molecule has 1 aromatic carbocycles. The first-order valence-corrected chi connectivity index (χ1v) is 9.67. The summed E-state index contributed by atoms with van der Waals surface area (Å²) in [5.41, 5.74) is 0.892. The van der Waals surface area contributed by atoms with Gasteiger partial charge in [-0.05, 0) is 68.8 Å². The van der Waals surface area contributed by atoms with Crippen molar-refractivity contribution in [3.8, 4) is 0 Å². The first-order valence-electron chi connectivity index (χ1n) is 9.67. The smallest absolute Gasteiger partial charge is 0.239 e. The number of carbonyl (C=O) groups is 2. The van der Waals surface area contributed by atoms with Crippen LogP contribution in [0.25, 0.3) is 0 Å². The first kappa shape index (κ1) is 16.6. The highest BCUT2D eigenvalue weighted by molar-refractivity contribution is 5.88. The van der Waals surface area contributed by atoms with E-state index in [9.17, 15) is 9.59 Å². The Kier molecular flexibility index (Phi) is 4.30. The fraction of sp³-hybridized carbons (Fsp3) is 0.619. The van der Waals surface area contributed by atoms with Gasteiger partial charge in [0.25, 0.3) is 0 Å². The number of carbonyl (C=O) groups excluding carboxylic acids is 2. The molecule has 4 aliphatic rings. The summed E-state index contributed by atoms with van der Waals surface area (Å²) in [5, 5.41) is 5.92. The van der Waals surface area contributed by atoms with Crippen molar-refractivity contribution in [3.63, 3.8) is 0 Å². The number of rotatable bonds is 5. The molecule has 1 unspecified atom stereocenters. The zero-order valence-corrected chi connectivity index (χ0v) is 15.0. The van der Waals surface area contributed by atoms with Gasteiger partial charge in [-0.15, -0.1) is 0 Å². The Balaban J connectivity index is 1.31. The summed E-state index contributed by atoms with van der Waals surface area (Å²) in [6.07, 6.45) is 7.07. The largest absolute Gasteiger partial charge is 0.348 e. The van der Waals surface area contributed by atoms with Gasteiger partial charge in [-0.1, -0.05) is 30.3 Å². The molecule has 0 spiro atoms. The maximum absolute atomic E-state index is 12.9. The van der Waals surface area contributed by atoms with Gasteiger partial charge in [0.2, 0.25) is 11.8 Å². The van der Waals surface area contributed by atoms with E-state index in [2.05, 4.69) is 10.6 Å². The van der Waals surface area contributed by atoms with E-state index in [-0.39, 0.29) is 29.8 Å². The van der Waals surface area contributed by atoms with Crippen LogP contribution in [0, 0.1) is 23.2 Å². The summed E-state index contributed by atoms with van der Waals surface area (Å²) in [6, 6.07) is 9.84. The summed E-state index contributed by atoms with van der Waals surface area (Å²) < 4.78 is 0. The number of benzene rings is 1. The molecule has 0 heterocycles. The lowest BCUT2D eigenvalue weighted by Crippen LogP contribution is -2.54. The maximum Gasteiger partial charge on any atom is 0.239 e. The molecular weight excluding hydrogens is 312 g/mol. The molecule has 5 rings (SSSR count). The molecule has 0 aromatic heterocycles. The molecule has 0 radical (unpaired) electrons. The second kappa shape index (κ2) is 6.47. The molecule has 0 saturated heterocycles. The summed E-state index contributed by atoms with van der Waals surface area (Å²) in [7, 11) is 0. The number of hydrogen-bond donors (Lipinski definition) is 2. The number of amides is 2. The fourth-order valence-corrected chi connectivity index (χ4v) is 5.85. The Labute approximate surface area is 149 Å². The summed E-state index contributed by atoms with van der Waals surface area (Å²) in [6.45, 7) is 2.05. The van der Waals surface area contributed by atoms with Gasteiger partial charge in [-0.3, -0.25) is 9.59 Å². The van der Waals surface area contributed by atoms with Gasteiger partial charge < -0.3 is 10.6 Å². The Hall–Kier alpha value is -1.84. The van der Waals surface area contributed by atoms with Gasteiger partial charge in [-0.25, -0.2) is 0 Å². The van der Waals surface area contributed by atoms with Crippen molar-refractivity contribution in [1.29, 1.82) is 0 Å². The van der Waals surface area contributed by atoms with Crippen LogP contribution >= 0.6 is 0 Å². The Bertz CT molecular complexity index is 620. The monoisotopic (exact) mass is 340 g/mol. The minimum absolute atomic E-state index is 0.0508. The molecule has 2 amide bonds. The predicted molar refractivity (Wildman–Crippen MR) is 96.6 cm³/mol. The Morgan fingerprint density at radius 3 is 2.16 bits per heavy atom. The van der Waals surface area contributed by atoms with E-state index in [4.69, 9.17) is 0 Å². The third-order valence-corrected chi connectivity index (χ3v) is 6.61. The molecule has 0 aliphatic heterocycles. The van der Waals surface area contributed by atoms with Crippen molar-refractivity contribution in [2.45, 2.75) is 51.5 Å². The van der Waals surface area contributed by atoms with Gasteiger partial charge in [0.05, 0.1) is 12.6 Å². The maximum atomic E-state index is 12.9. The summed E-state index contributed by atoms with van der Waals surface area (Å²) in [5.74, 6) is 2.22. The highest BCUT2D eigenvalue weighted by Gasteiger charge is 2.54. The van der Waals surface area contributed by atoms with Crippen LogP contribution in [0.4, 0.5) is 0 Å². The van der Waals surface area contributed by atoms with Gasteiger partial charge in [0, 0.05) is 5.41 Å². The lowest BCUT2D eigenvalue weighted by atomic mass is 9.49. The summed E-state index contributed by atoms with van der Waals surface area (Å²) >= 11 is 0. The quantitative estimate of drug-likeness (QED) is 0.865. The lowest BCUT2D eigenvalue weighted by molar-refractivity contribution is -0.147. The van der Waals surface area contributed by atoms with Crippen molar-refractivity contribution < 1.29 is 9.59 Å². The molecule has 134 valence electrons. The molecule has 4 fully saturated rings. The molecule has 2 N–H and O–H groups in total. The van der Waals surface area contributed by atoms with Crippen LogP contribution in [-0.4, -0.2) is 18.4 Å². The molecular formula is C21H28N2O2. The van der Waals surface area contributed by atoms with Crippen molar-refractivity contribution >= 4 is 11.8 Å². The van der Waals surface area contributed by atoms with E-state index in [1.807, 2.05) is 37.3 Å². The van der Waals surface area contributed by atoms with Crippen LogP contribution in [0.1, 0.15) is 57.1 Å². The standard InChI is InChI=1S/C21H28N2O2/c1-14(18-5-3-2-4-6-18)23-19(24)13-22-20(25)21-10-15-7-16(11-21)9-17(8-15)12-21/h2-6,14-17H,7-13H2,1H3,(H,22,25)(H,23,24). The van der Waals surface area contributed by atoms with E-state index in [0.717, 1.165) is 42.6 Å². The third kappa shape index (κ3) is 3.31. The SMILES string of the molecule is CC(NC(=O)CNC(=O)C12CC3CC(CC(C3)C1)C2)c1ccccc1. The number of nitrogens with one attached hydrogen (secondary N) is 2. The fourth-order valence-electron chi connectivity index (χ4n) is 5.85. The minimum Gasteiger partial charge on any atom is -0.348 e. The van der Waals surface area contributed by atoms with Crippen LogP contribution < -0.4 is 10.6 Å². The van der Waals surface area contributed by atoms with Crippen molar-refractivity contribution in [2.24, 2.45) is 23.2 Å². The van der Waals surface area contributed by atoms with E-state index in [1.165, 1.54) is 19.3 Å². The lowest BCUT2D eigenvalue weighted by Gasteiger charge is -2.55. The average molecular weight is 340 g/mol. The second-order valence-corrected chi connectivity index (χ2v) is 8.58. The topological polar surface area (TPSA) is 58.2 Å². The molecule has 4 saturated carbocycles. The zero-order chi connectivity index (χ0) is 17.4. The van der Waals surface area contributed by atoms with Crippen LogP contribution in [-0.2, 0) is 9.59 Å². The van der Waals surface area contributed by atoms with E-state index >= 15 is 0 Å². The van der Waals surface area contributed by atoms with Gasteiger partial charge in [0.1, 0.15) is 0 Å². The van der Waals surface area contributed by atoms with Crippen LogP contribution in [0.2, 0.25) is 0 Å². The minimum atomic E-state index is -0.180. The van der Waals surface area contributed by atoms with E-state index < -0.39 is 0 Å². The molecule has 25 heavy (non-hydrogen) atoms. The Morgan fingerprint density at radius 2 is 1.60 bits per heavy atom. The van der Waals surface area contributed by atoms with Gasteiger partial charge in [-0.2, -0.15) is 0 Å². The molecule has 1 aromatic rings. The molecule has 1 atom stereocenters. The number of hydrogen-bond acceptors (Lipinski definition) is 2. The van der Waals surface area contributed by atoms with Crippen LogP contribution in [0.5, 0.6) is 0 Å². The van der Waals surface area contributed by atoms with Crippen LogP contribution in [0.3, 0.4) is 0 Å². The van der Waals surface area contributed by atoms with Gasteiger partial charge >= 0.3 is 0 Å². The highest BCUT2D eigenvalue weighted by atomic mass is 16.2. The molecule has 4 bridgehead atoms. The third-order valence-electron chi connectivity index (χ3n) is 6.61. The normalized spacial score (nSPS) is 33.7. The molecule has 4 heteroatoms. The van der Waals surface area contributed by atoms with Crippen molar-refractivity contribution in [2.75, 3.05) is 6.54 Å². The van der Waals surface area contributed by atoms with E-state index in [1.54, 1.807) is 0 Å². The summed E-state index contributed by atoms with van der Waals surface area (Å²) in [4.78, 5) is 25.1.